The van der Waals surface area contributed by atoms with Gasteiger partial charge in [-0.1, -0.05) is 35.2 Å². The van der Waals surface area contributed by atoms with Crippen molar-refractivity contribution < 1.29 is 14.3 Å². The van der Waals surface area contributed by atoms with E-state index in [4.69, 9.17) is 4.74 Å². The van der Waals surface area contributed by atoms with Gasteiger partial charge in [0.05, 0.1) is 11.9 Å². The van der Waals surface area contributed by atoms with Crippen LogP contribution < -0.4 is 10.6 Å². The van der Waals surface area contributed by atoms with E-state index in [1.165, 1.54) is 12.7 Å². The first-order valence-electron chi connectivity index (χ1n) is 9.88. The molecule has 1 heterocycles. The van der Waals surface area contributed by atoms with Crippen LogP contribution in [-0.2, 0) is 16.1 Å². The number of amides is 1. The summed E-state index contributed by atoms with van der Waals surface area (Å²) in [5.74, 6) is 0.299. The van der Waals surface area contributed by atoms with Crippen molar-refractivity contribution in [3.8, 4) is 0 Å². The van der Waals surface area contributed by atoms with Crippen LogP contribution in [0, 0.1) is 5.92 Å². The number of rotatable bonds is 9. The average molecular weight is 458 g/mol. The van der Waals surface area contributed by atoms with Gasteiger partial charge in [-0.3, -0.25) is 14.8 Å². The Balaban J connectivity index is 2.08. The molecule has 28 heavy (non-hydrogen) atoms. The number of hydrogen-bond donors (Lipinski definition) is 2. The molecule has 0 spiro atoms. The molecule has 1 atom stereocenters. The van der Waals surface area contributed by atoms with Crippen LogP contribution in [0.3, 0.4) is 0 Å². The van der Waals surface area contributed by atoms with Gasteiger partial charge >= 0.3 is 6.09 Å². The number of ether oxygens (including phenoxy) is 1. The number of alkyl carbamates (subject to hydrolysis) is 1. The molecule has 0 aromatic carbocycles. The summed E-state index contributed by atoms with van der Waals surface area (Å²) < 4.78 is 6.98. The summed E-state index contributed by atoms with van der Waals surface area (Å²) in [6, 6.07) is 0. The van der Waals surface area contributed by atoms with E-state index in [0.717, 1.165) is 25.7 Å². The monoisotopic (exact) mass is 457 g/mol. The first-order valence-corrected chi connectivity index (χ1v) is 11.0. The Hall–Kier alpha value is -1.48. The molecule has 0 bridgehead atoms. The second-order valence-corrected chi connectivity index (χ2v) is 8.95. The van der Waals surface area contributed by atoms with Crippen LogP contribution in [0.1, 0.15) is 52.9 Å². The molecule has 2 N–H and O–H groups in total. The molecule has 9 heteroatoms. The minimum atomic E-state index is -0.762. The summed E-state index contributed by atoms with van der Waals surface area (Å²) in [5, 5.41) is 10.7. The van der Waals surface area contributed by atoms with Gasteiger partial charge in [0, 0.05) is 12.1 Å². The third-order valence-electron chi connectivity index (χ3n) is 5.05. The number of aromatic nitrogens is 3. The summed E-state index contributed by atoms with van der Waals surface area (Å²) in [6.45, 7) is 6.68. The average Bonchev–Trinajstić information content (AvgIpc) is 3.15. The highest BCUT2D eigenvalue weighted by molar-refractivity contribution is 9.09. The number of hydrogen-bond acceptors (Lipinski definition) is 6. The molecule has 0 unspecified atom stereocenters. The Morgan fingerprint density at radius 3 is 2.54 bits per heavy atom. The lowest BCUT2D eigenvalue weighted by atomic mass is 9.72. The molecule has 0 radical (unpaired) electrons. The first-order chi connectivity index (χ1) is 13.3. The third-order valence-corrected chi connectivity index (χ3v) is 5.56. The molecule has 0 saturated heterocycles. The summed E-state index contributed by atoms with van der Waals surface area (Å²) in [5.41, 5.74) is -1.11. The SMILES string of the molecule is CC(C)(C)NC(=O)OCCN[C@@](Cn1cncn1)(C(=O)CBr)C1CCCCC1. The lowest BCUT2D eigenvalue weighted by molar-refractivity contribution is -0.126. The number of carbonyl (C=O) groups excluding carboxylic acids is 2. The molecule has 1 saturated carbocycles. The molecule has 1 aromatic heterocycles. The van der Waals surface area contributed by atoms with Crippen molar-refractivity contribution in [3.05, 3.63) is 12.7 Å². The number of Topliss-reactive ketones (excluding diaryl/α,β-unsaturated/α-hetero) is 1. The predicted molar refractivity (Wildman–Crippen MR) is 110 cm³/mol. The zero-order chi connectivity index (χ0) is 20.6. The number of nitrogens with one attached hydrogen (secondary N) is 2. The molecule has 1 aromatic rings. The molecule has 1 fully saturated rings. The van der Waals surface area contributed by atoms with E-state index in [2.05, 4.69) is 36.6 Å². The van der Waals surface area contributed by atoms with Crippen molar-refractivity contribution in [2.24, 2.45) is 5.92 Å². The van der Waals surface area contributed by atoms with Crippen molar-refractivity contribution in [1.82, 2.24) is 25.4 Å². The maximum Gasteiger partial charge on any atom is 0.407 e. The molecule has 1 aliphatic carbocycles. The fraction of sp³-hybridized carbons (Fsp3) is 0.789. The van der Waals surface area contributed by atoms with Gasteiger partial charge in [0.15, 0.2) is 5.78 Å². The molecule has 8 nitrogen and oxygen atoms in total. The molecule has 1 aliphatic rings. The molecule has 0 aliphatic heterocycles. The van der Waals surface area contributed by atoms with Crippen molar-refractivity contribution in [2.45, 2.75) is 70.5 Å². The second kappa shape index (κ2) is 10.3. The van der Waals surface area contributed by atoms with Gasteiger partial charge in [-0.2, -0.15) is 5.10 Å². The van der Waals surface area contributed by atoms with Crippen molar-refractivity contribution >= 4 is 27.8 Å². The van der Waals surface area contributed by atoms with Crippen LogP contribution >= 0.6 is 15.9 Å². The lowest BCUT2D eigenvalue weighted by Crippen LogP contribution is -2.61. The maximum atomic E-state index is 13.1. The molecule has 1 amide bonds. The van der Waals surface area contributed by atoms with E-state index in [1.54, 1.807) is 11.0 Å². The van der Waals surface area contributed by atoms with Gasteiger partial charge in [0.25, 0.3) is 0 Å². The highest BCUT2D eigenvalue weighted by atomic mass is 79.9. The number of carbonyl (C=O) groups is 2. The Bertz CT molecular complexity index is 626. The number of alkyl halides is 1. The van der Waals surface area contributed by atoms with Crippen LogP contribution in [-0.4, -0.2) is 56.2 Å². The Kier molecular flexibility index (Phi) is 8.42. The standard InChI is InChI=1S/C19H32BrN5O3/c1-18(2,3)24-17(27)28-10-9-22-19(16(26)11-20,12-25-14-21-13-23-25)15-7-5-4-6-8-15/h13-15,22H,4-12H2,1-3H3,(H,24,27)/t19-/m1/s1. The maximum absolute atomic E-state index is 13.1. The van der Waals surface area contributed by atoms with Crippen molar-refractivity contribution in [2.75, 3.05) is 18.5 Å². The Labute approximate surface area is 175 Å². The minimum Gasteiger partial charge on any atom is -0.448 e. The van der Waals surface area contributed by atoms with Gasteiger partial charge < -0.3 is 10.1 Å². The molecule has 2 rings (SSSR count). The van der Waals surface area contributed by atoms with Crippen LogP contribution in [0.4, 0.5) is 4.79 Å². The zero-order valence-corrected chi connectivity index (χ0v) is 18.6. The van der Waals surface area contributed by atoms with Gasteiger partial charge in [-0.05, 0) is 39.5 Å². The molecular formula is C19H32BrN5O3. The van der Waals surface area contributed by atoms with E-state index in [1.807, 2.05) is 20.8 Å². The van der Waals surface area contributed by atoms with Gasteiger partial charge in [0.1, 0.15) is 24.8 Å². The summed E-state index contributed by atoms with van der Waals surface area (Å²) in [6.07, 6.45) is 8.07. The molecule has 158 valence electrons. The van der Waals surface area contributed by atoms with Crippen molar-refractivity contribution in [1.29, 1.82) is 0 Å². The highest BCUT2D eigenvalue weighted by Gasteiger charge is 2.45. The van der Waals surface area contributed by atoms with E-state index in [-0.39, 0.29) is 29.2 Å². The fourth-order valence-electron chi connectivity index (χ4n) is 3.79. The van der Waals surface area contributed by atoms with Crippen LogP contribution in [0.2, 0.25) is 0 Å². The van der Waals surface area contributed by atoms with E-state index in [9.17, 15) is 9.59 Å². The van der Waals surface area contributed by atoms with E-state index in [0.29, 0.717) is 13.1 Å². The normalized spacial score (nSPS) is 17.7. The molecular weight excluding hydrogens is 426 g/mol. The van der Waals surface area contributed by atoms with Gasteiger partial charge in [-0.15, -0.1) is 0 Å². The Morgan fingerprint density at radius 1 is 1.25 bits per heavy atom. The van der Waals surface area contributed by atoms with Crippen LogP contribution in [0.25, 0.3) is 0 Å². The zero-order valence-electron chi connectivity index (χ0n) is 17.0. The summed E-state index contributed by atoms with van der Waals surface area (Å²) in [7, 11) is 0. The first kappa shape index (κ1) is 22.8. The number of nitrogens with zero attached hydrogens (tertiary/aromatic N) is 3. The fourth-order valence-corrected chi connectivity index (χ4v) is 4.29. The van der Waals surface area contributed by atoms with Gasteiger partial charge in [-0.25, -0.2) is 9.78 Å². The Morgan fingerprint density at radius 2 is 1.96 bits per heavy atom. The van der Waals surface area contributed by atoms with Gasteiger partial charge in [0.2, 0.25) is 0 Å². The smallest absolute Gasteiger partial charge is 0.407 e. The second-order valence-electron chi connectivity index (χ2n) is 8.39. The topological polar surface area (TPSA) is 98.1 Å². The van der Waals surface area contributed by atoms with Crippen LogP contribution in [0.15, 0.2) is 12.7 Å². The largest absolute Gasteiger partial charge is 0.448 e. The third kappa shape index (κ3) is 6.55. The van der Waals surface area contributed by atoms with Crippen LogP contribution in [0.5, 0.6) is 0 Å². The minimum absolute atomic E-state index is 0.0917. The number of halogens is 1. The highest BCUT2D eigenvalue weighted by Crippen LogP contribution is 2.35. The van der Waals surface area contributed by atoms with Crippen molar-refractivity contribution in [3.63, 3.8) is 0 Å². The van der Waals surface area contributed by atoms with E-state index < -0.39 is 11.6 Å². The summed E-state index contributed by atoms with van der Waals surface area (Å²) in [4.78, 5) is 29.0. The van der Waals surface area contributed by atoms with E-state index >= 15 is 0 Å². The quantitative estimate of drug-likeness (QED) is 0.436. The lowest BCUT2D eigenvalue weighted by Gasteiger charge is -2.42. The number of ketones is 1. The summed E-state index contributed by atoms with van der Waals surface area (Å²) >= 11 is 3.36. The predicted octanol–water partition coefficient (Wildman–Crippen LogP) is 2.68.